The molecule has 0 spiro atoms. The zero-order valence-electron chi connectivity index (χ0n) is 34.0. The standard InChI is InChI=1S/C52H58N4/c1-5-9-35-55(36-10-6-2)51-23-17-19-43(39-51)25-27-45-41-48(30-32-50-22-14-16-34-54-50)46(42-47(45)29-31-49-21-13-15-33-53-49)28-26-44-20-18-24-52(40-44)56(37-11-7-3)38-12-8-4/h13-28,33-34,39-42H,5-12,35-38H2,1-4H3/b27-25+,28-26+. The Hall–Kier alpha value is -5.84. The van der Waals surface area contributed by atoms with Gasteiger partial charge in [0.1, 0.15) is 11.4 Å². The highest BCUT2D eigenvalue weighted by Gasteiger charge is 2.09. The van der Waals surface area contributed by atoms with Crippen molar-refractivity contribution in [2.45, 2.75) is 79.1 Å². The zero-order chi connectivity index (χ0) is 39.2. The molecule has 0 atom stereocenters. The third-order valence-electron chi connectivity index (χ3n) is 9.71. The van der Waals surface area contributed by atoms with Gasteiger partial charge in [-0.3, -0.25) is 0 Å². The van der Waals surface area contributed by atoms with Crippen molar-refractivity contribution in [3.63, 3.8) is 0 Å². The molecule has 0 radical (unpaired) electrons. The number of hydrogen-bond acceptors (Lipinski definition) is 4. The van der Waals surface area contributed by atoms with Gasteiger partial charge in [-0.05, 0) is 120 Å². The molecule has 0 N–H and O–H groups in total. The van der Waals surface area contributed by atoms with E-state index in [4.69, 9.17) is 0 Å². The summed E-state index contributed by atoms with van der Waals surface area (Å²) in [5.41, 5.74) is 10.1. The Kier molecular flexibility index (Phi) is 17.1. The van der Waals surface area contributed by atoms with E-state index >= 15 is 0 Å². The molecule has 56 heavy (non-hydrogen) atoms. The van der Waals surface area contributed by atoms with Crippen LogP contribution in [0.25, 0.3) is 24.3 Å². The average Bonchev–Trinajstić information content (AvgIpc) is 3.25. The molecule has 4 heteroatoms. The third-order valence-corrected chi connectivity index (χ3v) is 9.71. The van der Waals surface area contributed by atoms with E-state index in [1.54, 1.807) is 12.4 Å². The summed E-state index contributed by atoms with van der Waals surface area (Å²) in [6, 6.07) is 33.8. The predicted octanol–water partition coefficient (Wildman–Crippen LogP) is 12.4. The van der Waals surface area contributed by atoms with Crippen LogP contribution in [0.15, 0.2) is 109 Å². The second-order valence-electron chi connectivity index (χ2n) is 14.2. The summed E-state index contributed by atoms with van der Waals surface area (Å²) in [7, 11) is 0. The largest absolute Gasteiger partial charge is 0.372 e. The van der Waals surface area contributed by atoms with Gasteiger partial charge >= 0.3 is 0 Å². The summed E-state index contributed by atoms with van der Waals surface area (Å²) >= 11 is 0. The van der Waals surface area contributed by atoms with Gasteiger partial charge in [-0.25, -0.2) is 9.97 Å². The molecular formula is C52H58N4. The van der Waals surface area contributed by atoms with Crippen molar-refractivity contribution < 1.29 is 0 Å². The molecule has 0 bridgehead atoms. The number of unbranched alkanes of at least 4 members (excludes halogenated alkanes) is 4. The first kappa shape index (κ1) is 41.3. The Morgan fingerprint density at radius 3 is 1.21 bits per heavy atom. The lowest BCUT2D eigenvalue weighted by Crippen LogP contribution is -2.25. The lowest BCUT2D eigenvalue weighted by atomic mass is 9.96. The molecule has 286 valence electrons. The van der Waals surface area contributed by atoms with Crippen LogP contribution in [0.1, 0.15) is 124 Å². The number of benzene rings is 3. The third kappa shape index (κ3) is 13.2. The second-order valence-corrected chi connectivity index (χ2v) is 14.2. The molecule has 2 aromatic heterocycles. The molecule has 0 aliphatic carbocycles. The van der Waals surface area contributed by atoms with Crippen molar-refractivity contribution in [3.05, 3.63) is 154 Å². The second kappa shape index (κ2) is 23.2. The summed E-state index contributed by atoms with van der Waals surface area (Å²) in [6.07, 6.45) is 21.8. The van der Waals surface area contributed by atoms with E-state index in [0.29, 0.717) is 0 Å². The molecule has 0 aliphatic heterocycles. The molecule has 5 aromatic rings. The maximum absolute atomic E-state index is 4.48. The van der Waals surface area contributed by atoms with Gasteiger partial charge in [0.2, 0.25) is 0 Å². The molecular weight excluding hydrogens is 681 g/mol. The van der Waals surface area contributed by atoms with E-state index in [1.807, 2.05) is 36.4 Å². The van der Waals surface area contributed by atoms with Crippen molar-refractivity contribution >= 4 is 35.7 Å². The fourth-order valence-electron chi connectivity index (χ4n) is 6.42. The minimum Gasteiger partial charge on any atom is -0.372 e. The molecule has 5 rings (SSSR count). The van der Waals surface area contributed by atoms with Crippen LogP contribution in [0.3, 0.4) is 0 Å². The highest BCUT2D eigenvalue weighted by molar-refractivity contribution is 5.80. The van der Waals surface area contributed by atoms with Gasteiger partial charge in [-0.2, -0.15) is 0 Å². The summed E-state index contributed by atoms with van der Waals surface area (Å²) < 4.78 is 0. The number of rotatable bonds is 18. The van der Waals surface area contributed by atoms with E-state index in [1.165, 1.54) is 62.7 Å². The summed E-state index contributed by atoms with van der Waals surface area (Å²) in [6.45, 7) is 13.3. The van der Waals surface area contributed by atoms with Crippen molar-refractivity contribution in [3.8, 4) is 23.7 Å². The zero-order valence-corrected chi connectivity index (χ0v) is 34.0. The number of pyridine rings is 2. The van der Waals surface area contributed by atoms with Crippen molar-refractivity contribution in [1.82, 2.24) is 9.97 Å². The summed E-state index contributed by atoms with van der Waals surface area (Å²) in [5.74, 6) is 13.6. The quantitative estimate of drug-likeness (QED) is 0.0662. The Morgan fingerprint density at radius 1 is 0.446 bits per heavy atom. The molecule has 0 unspecified atom stereocenters. The number of aromatic nitrogens is 2. The van der Waals surface area contributed by atoms with Gasteiger partial charge in [0.05, 0.1) is 0 Å². The predicted molar refractivity (Wildman–Crippen MR) is 242 cm³/mol. The van der Waals surface area contributed by atoms with E-state index in [0.717, 1.165) is 70.9 Å². The van der Waals surface area contributed by atoms with Crippen molar-refractivity contribution in [2.24, 2.45) is 0 Å². The lowest BCUT2D eigenvalue weighted by molar-refractivity contribution is 0.678. The van der Waals surface area contributed by atoms with E-state index < -0.39 is 0 Å². The minimum absolute atomic E-state index is 0.734. The van der Waals surface area contributed by atoms with Crippen LogP contribution >= 0.6 is 0 Å². The molecule has 3 aromatic carbocycles. The molecule has 2 heterocycles. The topological polar surface area (TPSA) is 32.3 Å². The van der Waals surface area contributed by atoms with E-state index in [-0.39, 0.29) is 0 Å². The maximum Gasteiger partial charge on any atom is 0.113 e. The molecule has 0 amide bonds. The maximum atomic E-state index is 4.48. The van der Waals surface area contributed by atoms with Crippen LogP contribution in [0.4, 0.5) is 11.4 Å². The van der Waals surface area contributed by atoms with Crippen LogP contribution in [-0.2, 0) is 0 Å². The lowest BCUT2D eigenvalue weighted by Gasteiger charge is -2.25. The van der Waals surface area contributed by atoms with Gasteiger partial charge < -0.3 is 9.80 Å². The van der Waals surface area contributed by atoms with Gasteiger partial charge in [0.25, 0.3) is 0 Å². The van der Waals surface area contributed by atoms with Gasteiger partial charge in [0, 0.05) is 61.1 Å². The molecule has 0 saturated carbocycles. The fraction of sp³-hybridized carbons (Fsp3) is 0.308. The molecule has 0 saturated heterocycles. The summed E-state index contributed by atoms with van der Waals surface area (Å²) in [4.78, 5) is 14.0. The number of nitrogens with zero attached hydrogens (tertiary/aromatic N) is 4. The Bertz CT molecular complexity index is 1960. The van der Waals surface area contributed by atoms with Gasteiger partial charge in [-0.15, -0.1) is 0 Å². The van der Waals surface area contributed by atoms with Crippen LogP contribution in [0.5, 0.6) is 0 Å². The van der Waals surface area contributed by atoms with E-state index in [2.05, 4.69) is 156 Å². The average molecular weight is 739 g/mol. The van der Waals surface area contributed by atoms with E-state index in [9.17, 15) is 0 Å². The number of anilines is 2. The molecule has 0 aliphatic rings. The number of hydrogen-bond donors (Lipinski definition) is 0. The van der Waals surface area contributed by atoms with Crippen molar-refractivity contribution in [1.29, 1.82) is 0 Å². The Morgan fingerprint density at radius 2 is 0.857 bits per heavy atom. The first-order chi connectivity index (χ1) is 27.6. The molecule has 4 nitrogen and oxygen atoms in total. The van der Waals surface area contributed by atoms with Crippen LogP contribution in [-0.4, -0.2) is 36.1 Å². The highest BCUT2D eigenvalue weighted by Crippen LogP contribution is 2.25. The first-order valence-electron chi connectivity index (χ1n) is 20.7. The Balaban J connectivity index is 1.58. The molecule has 0 fully saturated rings. The Labute approximate surface area is 337 Å². The van der Waals surface area contributed by atoms with Crippen LogP contribution in [0, 0.1) is 23.7 Å². The van der Waals surface area contributed by atoms with Crippen molar-refractivity contribution in [2.75, 3.05) is 36.0 Å². The SMILES string of the molecule is CCCCN(CCCC)c1cccc(/C=C/c2cc(C#Cc3ccccn3)c(/C=C/c3cccc(N(CCCC)CCCC)c3)cc2C#Cc2ccccn2)c1. The van der Waals surface area contributed by atoms with Gasteiger partial charge in [0.15, 0.2) is 0 Å². The highest BCUT2D eigenvalue weighted by atomic mass is 15.1. The minimum atomic E-state index is 0.734. The monoisotopic (exact) mass is 738 g/mol. The van der Waals surface area contributed by atoms with Crippen LogP contribution in [0.2, 0.25) is 0 Å². The van der Waals surface area contributed by atoms with Gasteiger partial charge in [-0.1, -0.05) is 126 Å². The normalized spacial score (nSPS) is 10.9. The fourth-order valence-corrected chi connectivity index (χ4v) is 6.42. The van der Waals surface area contributed by atoms with Crippen LogP contribution < -0.4 is 9.80 Å². The first-order valence-corrected chi connectivity index (χ1v) is 20.7. The summed E-state index contributed by atoms with van der Waals surface area (Å²) in [5, 5.41) is 0. The smallest absolute Gasteiger partial charge is 0.113 e.